The monoisotopic (exact) mass is 905 g/mol. The molecule has 0 saturated heterocycles. The Balaban J connectivity index is 4.28. The molecule has 6 nitrogen and oxygen atoms in total. The molecule has 0 spiro atoms. The van der Waals surface area contributed by atoms with Gasteiger partial charge in [-0.15, -0.1) is 0 Å². The topological polar surface area (TPSA) is 78.9 Å². The molecule has 0 aromatic carbocycles. The van der Waals surface area contributed by atoms with E-state index in [1.807, 2.05) is 0 Å². The zero-order chi connectivity index (χ0) is 46.8. The second kappa shape index (κ2) is 50.8. The molecule has 0 rings (SSSR count). The molecule has 0 amide bonds. The maximum Gasteiger partial charge on any atom is 0.306 e. The first kappa shape index (κ1) is 62.4. The lowest BCUT2D eigenvalue weighted by molar-refractivity contribution is -0.167. The van der Waals surface area contributed by atoms with Crippen LogP contribution in [0.2, 0.25) is 0 Å². The van der Waals surface area contributed by atoms with Crippen molar-refractivity contribution in [2.24, 2.45) is 11.8 Å². The smallest absolute Gasteiger partial charge is 0.306 e. The van der Waals surface area contributed by atoms with Crippen molar-refractivity contribution in [2.75, 3.05) is 13.2 Å². The molecule has 64 heavy (non-hydrogen) atoms. The third-order valence-corrected chi connectivity index (χ3v) is 13.2. The maximum absolute atomic E-state index is 12.8. The van der Waals surface area contributed by atoms with Crippen LogP contribution in [0.25, 0.3) is 0 Å². The summed E-state index contributed by atoms with van der Waals surface area (Å²) < 4.78 is 16.9. The fraction of sp³-hybridized carbons (Fsp3) is 0.948. The van der Waals surface area contributed by atoms with Gasteiger partial charge in [-0.3, -0.25) is 14.4 Å². The first-order valence-corrected chi connectivity index (χ1v) is 28.7. The summed E-state index contributed by atoms with van der Waals surface area (Å²) in [6, 6.07) is 0. The van der Waals surface area contributed by atoms with E-state index in [0.29, 0.717) is 19.3 Å². The van der Waals surface area contributed by atoms with Crippen molar-refractivity contribution in [1.82, 2.24) is 0 Å². The highest BCUT2D eigenvalue weighted by molar-refractivity contribution is 5.71. The van der Waals surface area contributed by atoms with E-state index in [4.69, 9.17) is 14.2 Å². The number of hydrogen-bond acceptors (Lipinski definition) is 6. The van der Waals surface area contributed by atoms with Crippen molar-refractivity contribution in [3.63, 3.8) is 0 Å². The molecule has 380 valence electrons. The Kier molecular flexibility index (Phi) is 49.6. The summed E-state index contributed by atoms with van der Waals surface area (Å²) in [5.74, 6) is 0.837. The van der Waals surface area contributed by atoms with Gasteiger partial charge < -0.3 is 14.2 Å². The van der Waals surface area contributed by atoms with Gasteiger partial charge in [-0.05, 0) is 31.1 Å². The third-order valence-electron chi connectivity index (χ3n) is 13.2. The van der Waals surface area contributed by atoms with Crippen molar-refractivity contribution in [1.29, 1.82) is 0 Å². The fourth-order valence-electron chi connectivity index (χ4n) is 8.87. The van der Waals surface area contributed by atoms with E-state index in [1.54, 1.807) is 0 Å². The Morgan fingerprint density at radius 3 is 0.766 bits per heavy atom. The third kappa shape index (κ3) is 51.4. The normalized spacial score (nSPS) is 12.0. The Morgan fingerprint density at radius 2 is 0.516 bits per heavy atom. The van der Waals surface area contributed by atoms with Crippen LogP contribution in [0.1, 0.15) is 324 Å². The zero-order valence-electron chi connectivity index (χ0n) is 43.9. The summed E-state index contributed by atoms with van der Waals surface area (Å²) >= 11 is 0. The summed E-state index contributed by atoms with van der Waals surface area (Å²) in [6.45, 7) is 11.4. The Bertz CT molecular complexity index is 978. The average Bonchev–Trinajstić information content (AvgIpc) is 3.27. The van der Waals surface area contributed by atoms with Crippen LogP contribution < -0.4 is 0 Å². The summed E-state index contributed by atoms with van der Waals surface area (Å²) in [6.07, 6.45) is 53.8. The van der Waals surface area contributed by atoms with Crippen molar-refractivity contribution < 1.29 is 28.6 Å². The number of rotatable bonds is 52. The van der Waals surface area contributed by atoms with Crippen molar-refractivity contribution in [3.05, 3.63) is 0 Å². The van der Waals surface area contributed by atoms with Crippen LogP contribution >= 0.6 is 0 Å². The quantitative estimate of drug-likeness (QED) is 0.0344. The number of carbonyl (C=O) groups excluding carboxylic acids is 3. The first-order valence-electron chi connectivity index (χ1n) is 28.7. The van der Waals surface area contributed by atoms with Crippen LogP contribution in [0.15, 0.2) is 0 Å². The van der Waals surface area contributed by atoms with E-state index >= 15 is 0 Å². The van der Waals surface area contributed by atoms with Crippen LogP contribution in [-0.4, -0.2) is 37.2 Å². The van der Waals surface area contributed by atoms with Gasteiger partial charge in [-0.25, -0.2) is 0 Å². The lowest BCUT2D eigenvalue weighted by Gasteiger charge is -2.18. The lowest BCUT2D eigenvalue weighted by atomic mass is 10.0. The molecule has 0 aromatic heterocycles. The van der Waals surface area contributed by atoms with Crippen LogP contribution in [-0.2, 0) is 28.6 Å². The molecule has 0 radical (unpaired) electrons. The van der Waals surface area contributed by atoms with E-state index in [2.05, 4.69) is 34.6 Å². The Morgan fingerprint density at radius 1 is 0.297 bits per heavy atom. The lowest BCUT2D eigenvalue weighted by Crippen LogP contribution is -2.30. The second-order valence-electron chi connectivity index (χ2n) is 20.9. The van der Waals surface area contributed by atoms with E-state index in [-0.39, 0.29) is 31.1 Å². The molecule has 0 aliphatic heterocycles. The molecule has 0 N–H and O–H groups in total. The summed E-state index contributed by atoms with van der Waals surface area (Å²) in [5, 5.41) is 0. The average molecular weight is 906 g/mol. The molecule has 0 bridgehead atoms. The van der Waals surface area contributed by atoms with Crippen molar-refractivity contribution in [2.45, 2.75) is 330 Å². The van der Waals surface area contributed by atoms with Gasteiger partial charge in [0.2, 0.25) is 0 Å². The number of unbranched alkanes of at least 4 members (excludes halogenated alkanes) is 37. The fourth-order valence-corrected chi connectivity index (χ4v) is 8.87. The maximum atomic E-state index is 12.8. The molecule has 0 heterocycles. The SMILES string of the molecule is CCCCCCCCCCCCCCCCC(=O)O[C@H](COC(=O)CCCCCCCCCCCCCCCCCC(C)C)COC(=O)CCCCCCCCCCCCCC(C)C. The second-order valence-corrected chi connectivity index (χ2v) is 20.9. The van der Waals surface area contributed by atoms with Gasteiger partial charge in [-0.1, -0.05) is 285 Å². The molecule has 0 aromatic rings. The van der Waals surface area contributed by atoms with Crippen molar-refractivity contribution in [3.8, 4) is 0 Å². The van der Waals surface area contributed by atoms with E-state index < -0.39 is 6.10 Å². The molecule has 6 heteroatoms. The van der Waals surface area contributed by atoms with Gasteiger partial charge in [0.25, 0.3) is 0 Å². The molecule has 0 unspecified atom stereocenters. The minimum absolute atomic E-state index is 0.0627. The van der Waals surface area contributed by atoms with Crippen molar-refractivity contribution >= 4 is 17.9 Å². The highest BCUT2D eigenvalue weighted by Crippen LogP contribution is 2.18. The van der Waals surface area contributed by atoms with Gasteiger partial charge in [0.05, 0.1) is 0 Å². The number of hydrogen-bond donors (Lipinski definition) is 0. The predicted octanol–water partition coefficient (Wildman–Crippen LogP) is 18.9. The molecule has 0 aliphatic rings. The molecular weight excluding hydrogens is 793 g/mol. The predicted molar refractivity (Wildman–Crippen MR) is 275 cm³/mol. The molecule has 0 fully saturated rings. The Labute approximate surface area is 399 Å². The zero-order valence-corrected chi connectivity index (χ0v) is 43.9. The van der Waals surface area contributed by atoms with E-state index in [9.17, 15) is 14.4 Å². The van der Waals surface area contributed by atoms with Crippen LogP contribution in [0, 0.1) is 11.8 Å². The summed E-state index contributed by atoms with van der Waals surface area (Å²) in [4.78, 5) is 38.1. The highest BCUT2D eigenvalue weighted by atomic mass is 16.6. The molecule has 0 saturated carbocycles. The van der Waals surface area contributed by atoms with Crippen LogP contribution in [0.5, 0.6) is 0 Å². The standard InChI is InChI=1S/C58H112O6/c1-6-7-8-9-10-11-12-13-18-24-30-35-40-45-50-58(61)64-55(52-63-57(60)49-44-39-34-29-25-20-22-27-32-37-42-47-54(4)5)51-62-56(59)48-43-38-33-28-23-19-16-14-15-17-21-26-31-36-41-46-53(2)3/h53-55H,6-52H2,1-5H3/t55-/m1/s1. The van der Waals surface area contributed by atoms with Gasteiger partial charge in [0.1, 0.15) is 13.2 Å². The van der Waals surface area contributed by atoms with Gasteiger partial charge in [0.15, 0.2) is 6.10 Å². The largest absolute Gasteiger partial charge is 0.462 e. The van der Waals surface area contributed by atoms with E-state index in [0.717, 1.165) is 69.6 Å². The van der Waals surface area contributed by atoms with Crippen LogP contribution in [0.4, 0.5) is 0 Å². The van der Waals surface area contributed by atoms with Gasteiger partial charge >= 0.3 is 17.9 Å². The van der Waals surface area contributed by atoms with Gasteiger partial charge in [0, 0.05) is 19.3 Å². The molecular formula is C58H112O6. The molecule has 0 aliphatic carbocycles. The molecule has 1 atom stereocenters. The number of carbonyl (C=O) groups is 3. The highest BCUT2D eigenvalue weighted by Gasteiger charge is 2.19. The van der Waals surface area contributed by atoms with Gasteiger partial charge in [-0.2, -0.15) is 0 Å². The number of esters is 3. The minimum Gasteiger partial charge on any atom is -0.462 e. The van der Waals surface area contributed by atoms with E-state index in [1.165, 1.54) is 212 Å². The minimum atomic E-state index is -0.762. The first-order chi connectivity index (χ1) is 31.2. The van der Waals surface area contributed by atoms with Crippen LogP contribution in [0.3, 0.4) is 0 Å². The summed E-state index contributed by atoms with van der Waals surface area (Å²) in [7, 11) is 0. The number of ether oxygens (including phenoxy) is 3. The Hall–Kier alpha value is -1.59. The summed E-state index contributed by atoms with van der Waals surface area (Å²) in [5.41, 5.74) is 0.